The van der Waals surface area contributed by atoms with Gasteiger partial charge in [-0.15, -0.1) is 0 Å². The lowest BCUT2D eigenvalue weighted by Gasteiger charge is -2.29. The fraction of sp³-hybridized carbons (Fsp3) is 0.300. The van der Waals surface area contributed by atoms with E-state index >= 15 is 0 Å². The summed E-state index contributed by atoms with van der Waals surface area (Å²) in [6.07, 6.45) is 0. The molecule has 0 bridgehead atoms. The van der Waals surface area contributed by atoms with E-state index in [2.05, 4.69) is 52.0 Å². The summed E-state index contributed by atoms with van der Waals surface area (Å²) in [7, 11) is 0. The largest absolute Gasteiger partial charge is 0.355 e. The Bertz CT molecular complexity index is 668. The van der Waals surface area contributed by atoms with E-state index in [4.69, 9.17) is 1.41 Å². The first kappa shape index (κ1) is 12.7. The van der Waals surface area contributed by atoms with Crippen molar-refractivity contribution in [3.63, 3.8) is 0 Å². The van der Waals surface area contributed by atoms with Gasteiger partial charge in [-0.3, -0.25) is 0 Å². The number of anilines is 2. The van der Waals surface area contributed by atoms with Gasteiger partial charge in [0.15, 0.2) is 1.41 Å². The molecule has 1 nitrogen and oxygen atoms in total. The molecule has 0 fully saturated rings. The molecule has 0 atom stereocenters. The number of allylic oxidation sites excluding steroid dienone is 1. The highest BCUT2D eigenvalue weighted by molar-refractivity contribution is 5.98. The van der Waals surface area contributed by atoms with Crippen LogP contribution in [0.15, 0.2) is 54.1 Å². The van der Waals surface area contributed by atoms with E-state index in [-0.39, 0.29) is 0 Å². The summed E-state index contributed by atoms with van der Waals surface area (Å²) >= 11 is 0. The van der Waals surface area contributed by atoms with Crippen LogP contribution < -0.4 is 5.31 Å². The molecule has 108 valence electrons. The first-order chi connectivity index (χ1) is 10.5. The second kappa shape index (κ2) is 5.40. The van der Waals surface area contributed by atoms with Gasteiger partial charge in [0, 0.05) is 22.5 Å². The number of rotatable bonds is 2. The lowest BCUT2D eigenvalue weighted by atomic mass is 9.80. The molecule has 2 aromatic rings. The van der Waals surface area contributed by atoms with Crippen molar-refractivity contribution in [1.82, 2.24) is 0 Å². The molecule has 0 aliphatic carbocycles. The zero-order valence-electron chi connectivity index (χ0n) is 14.2. The van der Waals surface area contributed by atoms with Crippen LogP contribution in [0.3, 0.4) is 0 Å². The van der Waals surface area contributed by atoms with E-state index in [1.165, 1.54) is 22.3 Å². The average molecular weight is 278 g/mol. The Balaban J connectivity index is 2.40. The third-order valence-corrected chi connectivity index (χ3v) is 4.12. The third kappa shape index (κ3) is 2.37. The van der Waals surface area contributed by atoms with E-state index in [9.17, 15) is 0 Å². The minimum absolute atomic E-state index is 0.480. The van der Waals surface area contributed by atoms with Gasteiger partial charge in [0.25, 0.3) is 0 Å². The van der Waals surface area contributed by atoms with Gasteiger partial charge in [-0.1, -0.05) is 69.7 Å². The number of nitrogens with one attached hydrogen (secondary N) is 1. The Kier molecular flexibility index (Phi) is 3.27. The minimum atomic E-state index is 0.480. The van der Waals surface area contributed by atoms with E-state index in [0.29, 0.717) is 11.8 Å². The number of benzene rings is 2. The van der Waals surface area contributed by atoms with Gasteiger partial charge in [-0.25, -0.2) is 0 Å². The zero-order chi connectivity index (χ0) is 15.9. The van der Waals surface area contributed by atoms with Crippen LogP contribution in [0.4, 0.5) is 11.4 Å². The van der Waals surface area contributed by atoms with Crippen LogP contribution >= 0.6 is 0 Å². The SMILES string of the molecule is [2H]N1c2ccccc2C(=C(C(C)C)C(C)C)c2ccccc21. The van der Waals surface area contributed by atoms with Crippen molar-refractivity contribution in [2.45, 2.75) is 27.7 Å². The maximum atomic E-state index is 8.49. The predicted octanol–water partition coefficient (Wildman–Crippen LogP) is 5.86. The lowest BCUT2D eigenvalue weighted by molar-refractivity contribution is 0.629. The second-order valence-electron chi connectivity index (χ2n) is 6.29. The fourth-order valence-electron chi connectivity index (χ4n) is 3.39. The van der Waals surface area contributed by atoms with Crippen molar-refractivity contribution in [3.8, 4) is 0 Å². The summed E-state index contributed by atoms with van der Waals surface area (Å²) in [6.45, 7) is 9.06. The normalized spacial score (nSPS) is 14.1. The van der Waals surface area contributed by atoms with Crippen molar-refractivity contribution in [3.05, 3.63) is 65.2 Å². The standard InChI is InChI=1S/C20H23N/c1-13(2)19(14(3)4)20-15-9-5-7-11-17(15)21-18-12-8-6-10-16(18)20/h5-14,21H,1-4H3/i/hD. The Hall–Kier alpha value is -2.02. The Morgan fingerprint density at radius 1 is 0.810 bits per heavy atom. The van der Waals surface area contributed by atoms with Gasteiger partial charge in [0.1, 0.15) is 0 Å². The van der Waals surface area contributed by atoms with Crippen LogP contribution in [-0.4, -0.2) is 0 Å². The van der Waals surface area contributed by atoms with Crippen LogP contribution in [0, 0.1) is 11.8 Å². The van der Waals surface area contributed by atoms with E-state index in [0.717, 1.165) is 11.4 Å². The molecular formula is C20H23N. The number of fused-ring (bicyclic) bond motifs is 2. The molecular weight excluding hydrogens is 254 g/mol. The summed E-state index contributed by atoms with van der Waals surface area (Å²) in [6, 6.07) is 16.5. The quantitative estimate of drug-likeness (QED) is 0.725. The van der Waals surface area contributed by atoms with Crippen LogP contribution in [0.25, 0.3) is 5.57 Å². The molecule has 0 saturated heterocycles. The maximum Gasteiger partial charge on any atom is 0.167 e. The molecule has 2 aromatic carbocycles. The second-order valence-corrected chi connectivity index (χ2v) is 6.29. The highest BCUT2D eigenvalue weighted by atomic mass is 14.9. The van der Waals surface area contributed by atoms with Gasteiger partial charge < -0.3 is 5.31 Å². The zero-order valence-corrected chi connectivity index (χ0v) is 13.2. The number of para-hydroxylation sites is 2. The minimum Gasteiger partial charge on any atom is -0.355 e. The number of hydrogen-bond acceptors (Lipinski definition) is 1. The van der Waals surface area contributed by atoms with E-state index in [1.54, 1.807) is 5.31 Å². The van der Waals surface area contributed by atoms with Crippen molar-refractivity contribution in [1.29, 1.82) is 0 Å². The van der Waals surface area contributed by atoms with Gasteiger partial charge in [0.05, 0.1) is 0 Å². The summed E-state index contributed by atoms with van der Waals surface area (Å²) in [5.41, 5.74) is 7.07. The van der Waals surface area contributed by atoms with Gasteiger partial charge in [-0.2, -0.15) is 0 Å². The van der Waals surface area contributed by atoms with Gasteiger partial charge in [-0.05, 0) is 29.5 Å². The molecule has 0 aromatic heterocycles. The van der Waals surface area contributed by atoms with Crippen LogP contribution in [0.1, 0.15) is 38.8 Å². The molecule has 21 heavy (non-hydrogen) atoms. The smallest absolute Gasteiger partial charge is 0.167 e. The Morgan fingerprint density at radius 2 is 1.24 bits per heavy atom. The molecule has 1 heteroatoms. The first-order valence-electron chi connectivity index (χ1n) is 8.19. The first-order valence-corrected chi connectivity index (χ1v) is 7.74. The molecule has 1 N–H and O–H groups in total. The Morgan fingerprint density at radius 3 is 1.67 bits per heavy atom. The summed E-state index contributed by atoms with van der Waals surface area (Å²) in [4.78, 5) is 0. The summed E-state index contributed by atoms with van der Waals surface area (Å²) in [5, 5.41) is 1.56. The van der Waals surface area contributed by atoms with E-state index in [1.807, 2.05) is 24.3 Å². The summed E-state index contributed by atoms with van der Waals surface area (Å²) < 4.78 is 8.49. The van der Waals surface area contributed by atoms with Crippen molar-refractivity contribution < 1.29 is 1.41 Å². The van der Waals surface area contributed by atoms with E-state index < -0.39 is 0 Å². The topological polar surface area (TPSA) is 12.0 Å². The monoisotopic (exact) mass is 278 g/mol. The van der Waals surface area contributed by atoms with Crippen molar-refractivity contribution in [2.24, 2.45) is 11.8 Å². The number of hydrogen-bond donors (Lipinski definition) is 1. The van der Waals surface area contributed by atoms with Crippen LogP contribution in [0.5, 0.6) is 0 Å². The van der Waals surface area contributed by atoms with Gasteiger partial charge >= 0.3 is 0 Å². The highest BCUT2D eigenvalue weighted by Gasteiger charge is 2.24. The maximum absolute atomic E-state index is 8.49. The van der Waals surface area contributed by atoms with Crippen LogP contribution in [-0.2, 0) is 0 Å². The summed E-state index contributed by atoms with van der Waals surface area (Å²) in [5.74, 6) is 0.960. The molecule has 3 rings (SSSR count). The molecule has 1 heterocycles. The Labute approximate surface area is 129 Å². The molecule has 1 aliphatic rings. The molecule has 0 saturated carbocycles. The molecule has 0 radical (unpaired) electrons. The molecule has 1 aliphatic heterocycles. The predicted molar refractivity (Wildman–Crippen MR) is 91.9 cm³/mol. The van der Waals surface area contributed by atoms with Crippen molar-refractivity contribution in [2.75, 3.05) is 5.31 Å². The highest BCUT2D eigenvalue weighted by Crippen LogP contribution is 2.44. The molecule has 0 amide bonds. The van der Waals surface area contributed by atoms with Gasteiger partial charge in [0.2, 0.25) is 0 Å². The average Bonchev–Trinajstić information content (AvgIpc) is 2.50. The fourth-order valence-corrected chi connectivity index (χ4v) is 3.39. The molecule has 0 spiro atoms. The third-order valence-electron chi connectivity index (χ3n) is 4.12. The van der Waals surface area contributed by atoms with Crippen LogP contribution in [0.2, 0.25) is 1.41 Å². The lowest BCUT2D eigenvalue weighted by Crippen LogP contribution is -2.12. The molecule has 0 unspecified atom stereocenters. The van der Waals surface area contributed by atoms with Crippen molar-refractivity contribution >= 4 is 16.9 Å².